The molecule has 10 aromatic rings. The predicted molar refractivity (Wildman–Crippen MR) is 383 cm³/mol. The van der Waals surface area contributed by atoms with E-state index < -0.39 is 47.0 Å². The van der Waals surface area contributed by atoms with Crippen molar-refractivity contribution in [2.75, 3.05) is 26.4 Å². The molecule has 0 aliphatic carbocycles. The molecular weight excluding hydrogens is 1360 g/mol. The highest BCUT2D eigenvalue weighted by atomic mass is 32.1. The molecule has 0 aliphatic heterocycles. The summed E-state index contributed by atoms with van der Waals surface area (Å²) in [6, 6.07) is 21.4. The number of ether oxygens (including phenoxy) is 4. The van der Waals surface area contributed by atoms with E-state index in [-0.39, 0.29) is 33.0 Å². The Morgan fingerprint density at radius 3 is 0.745 bits per heavy atom. The van der Waals surface area contributed by atoms with Crippen molar-refractivity contribution in [3.63, 3.8) is 0 Å². The van der Waals surface area contributed by atoms with Gasteiger partial charge in [0.2, 0.25) is 0 Å². The number of rotatable bonds is 36. The van der Waals surface area contributed by atoms with E-state index in [1.54, 1.807) is 12.1 Å². The van der Waals surface area contributed by atoms with E-state index in [0.717, 1.165) is 177 Å². The minimum Gasteiger partial charge on any atom is -0.490 e. The molecule has 4 nitrogen and oxygen atoms in total. The monoisotopic (exact) mass is 1440 g/mol. The van der Waals surface area contributed by atoms with Crippen molar-refractivity contribution in [1.29, 1.82) is 0 Å². The first-order valence-electron chi connectivity index (χ1n) is 34.7. The Labute approximate surface area is 581 Å². The second kappa shape index (κ2) is 33.5. The summed E-state index contributed by atoms with van der Waals surface area (Å²) in [4.78, 5) is 1.59. The maximum atomic E-state index is 14.7. The van der Waals surface area contributed by atoms with Crippen molar-refractivity contribution in [2.45, 2.75) is 206 Å². The van der Waals surface area contributed by atoms with E-state index in [1.165, 1.54) is 22.7 Å². The lowest BCUT2D eigenvalue weighted by Gasteiger charge is -2.14. The lowest BCUT2D eigenvalue weighted by atomic mass is 9.98. The zero-order valence-corrected chi connectivity index (χ0v) is 59.1. The molecule has 0 atom stereocenters. The molecule has 20 heteroatoms. The number of benzene rings is 6. The molecule has 0 aliphatic rings. The largest absolute Gasteiger partial charge is 0.490 e. The van der Waals surface area contributed by atoms with Crippen LogP contribution in [0.5, 0.6) is 23.0 Å². The van der Waals surface area contributed by atoms with Crippen molar-refractivity contribution in [1.82, 2.24) is 0 Å². The molecule has 0 fully saturated rings. The van der Waals surface area contributed by atoms with Gasteiger partial charge in [-0.3, -0.25) is 0 Å². The normalized spacial score (nSPS) is 12.6. The van der Waals surface area contributed by atoms with E-state index in [9.17, 15) is 52.7 Å². The summed E-state index contributed by atoms with van der Waals surface area (Å²) in [5.41, 5.74) is -5.19. The number of alkyl halides is 12. The molecular formula is C78H84F12O4S4. The van der Waals surface area contributed by atoms with Gasteiger partial charge in [-0.05, 0) is 145 Å². The number of hydrogen-bond acceptors (Lipinski definition) is 8. The van der Waals surface area contributed by atoms with Crippen LogP contribution in [0.15, 0.2) is 97.1 Å². The number of unbranched alkanes of at least 4 members (excludes halogenated alkanes) is 20. The van der Waals surface area contributed by atoms with Crippen LogP contribution in [0, 0.1) is 0 Å². The predicted octanol–water partition coefficient (Wildman–Crippen LogP) is 29.4. The Morgan fingerprint density at radius 2 is 0.490 bits per heavy atom. The van der Waals surface area contributed by atoms with Gasteiger partial charge in [0.05, 0.1) is 48.7 Å². The smallest absolute Gasteiger partial charge is 0.416 e. The zero-order chi connectivity index (χ0) is 69.8. The third-order valence-electron chi connectivity index (χ3n) is 17.9. The van der Waals surface area contributed by atoms with Gasteiger partial charge in [0.15, 0.2) is 23.0 Å². The van der Waals surface area contributed by atoms with E-state index in [4.69, 9.17) is 18.9 Å². The molecule has 0 bridgehead atoms. The van der Waals surface area contributed by atoms with Crippen molar-refractivity contribution in [2.24, 2.45) is 0 Å². The van der Waals surface area contributed by atoms with Gasteiger partial charge in [-0.15, -0.1) is 45.3 Å². The third-order valence-corrected chi connectivity index (χ3v) is 22.7. The summed E-state index contributed by atoms with van der Waals surface area (Å²) in [7, 11) is 0. The van der Waals surface area contributed by atoms with Crippen LogP contribution in [0.25, 0.3) is 92.9 Å². The topological polar surface area (TPSA) is 36.9 Å². The van der Waals surface area contributed by atoms with Gasteiger partial charge in [-0.1, -0.05) is 156 Å². The van der Waals surface area contributed by atoms with Gasteiger partial charge in [0.25, 0.3) is 0 Å². The highest BCUT2D eigenvalue weighted by molar-refractivity contribution is 7.29. The van der Waals surface area contributed by atoms with Gasteiger partial charge < -0.3 is 18.9 Å². The second-order valence-corrected chi connectivity index (χ2v) is 29.7. The number of thiophene rings is 4. The molecule has 0 saturated carbocycles. The first kappa shape index (κ1) is 74.5. The second-order valence-electron chi connectivity index (χ2n) is 25.5. The van der Waals surface area contributed by atoms with Crippen molar-refractivity contribution >= 4 is 96.5 Å². The fraction of sp³-hybridized carbons (Fsp3) is 0.462. The van der Waals surface area contributed by atoms with E-state index >= 15 is 0 Å². The quantitative estimate of drug-likeness (QED) is 0.0290. The van der Waals surface area contributed by atoms with Gasteiger partial charge in [0.1, 0.15) is 0 Å². The fourth-order valence-corrected chi connectivity index (χ4v) is 17.6. The van der Waals surface area contributed by atoms with Crippen LogP contribution in [0.4, 0.5) is 52.7 Å². The Bertz CT molecular complexity index is 3940. The SMILES string of the molecule is CCCCCCCCOc1ccc(-c2cc3c4cc(-c5cc(C(F)(F)F)cc(C(F)(F)F)c5)sc4c4c5sc(-c6ccc(OCCCCCCCC)c(OCCCCCCCC)c6)cc5c5cc(-c6cc(C(F)(F)F)cc(C(F)(F)F)c6)sc5c4c3s2)cc1OCCCCCCCC. The van der Waals surface area contributed by atoms with Crippen LogP contribution in [-0.2, 0) is 24.7 Å². The summed E-state index contributed by atoms with van der Waals surface area (Å²) in [5, 5.41) is 3.30. The Morgan fingerprint density at radius 1 is 0.255 bits per heavy atom. The molecule has 4 heterocycles. The average molecular weight is 1440 g/mol. The van der Waals surface area contributed by atoms with Crippen molar-refractivity contribution in [3.8, 4) is 64.8 Å². The number of hydrogen-bond donors (Lipinski definition) is 0. The summed E-state index contributed by atoms with van der Waals surface area (Å²) < 4.78 is 205. The number of halogens is 12. The molecule has 4 aromatic heterocycles. The Balaban J connectivity index is 1.22. The standard InChI is InChI=1S/C78H84F12O4S4/c1-5-9-13-17-21-25-33-91-61-31-29-49(41-63(61)93-35-27-23-19-15-11-7-3)65-45-57-59-47-67(51-37-53(75(79,80)81)43-54(38-51)76(82,83)84)97-73(59)70-69(71(57)95-65)74-60(48-68(98-74)52-39-55(77(85,86)87)44-56(40-52)78(88,89)90)58-46-66(96-72(58)70)50-30-32-62(92-34-26-22-18-14-10-6-2)64(42-50)94-36-28-24-20-16-12-8-4/h29-32,37-48H,5-28,33-36H2,1-4H3. The third kappa shape index (κ3) is 18.5. The van der Waals surface area contributed by atoms with Crippen molar-refractivity contribution < 1.29 is 71.6 Å². The average Bonchev–Trinajstić information content (AvgIpc) is 1.53. The summed E-state index contributed by atoms with van der Waals surface area (Å²) in [5.74, 6) is 2.15. The van der Waals surface area contributed by atoms with Crippen LogP contribution in [-0.4, -0.2) is 26.4 Å². The molecule has 10 rings (SSSR count). The minimum atomic E-state index is -5.15. The van der Waals surface area contributed by atoms with E-state index in [0.29, 0.717) is 146 Å². The van der Waals surface area contributed by atoms with Crippen LogP contribution >= 0.6 is 45.3 Å². The van der Waals surface area contributed by atoms with Crippen LogP contribution in [0.2, 0.25) is 0 Å². The Kier molecular flexibility index (Phi) is 25.5. The molecule has 0 saturated heterocycles. The maximum Gasteiger partial charge on any atom is 0.416 e. The summed E-state index contributed by atoms with van der Waals surface area (Å²) >= 11 is 4.75. The molecule has 528 valence electrons. The van der Waals surface area contributed by atoms with Gasteiger partial charge in [-0.2, -0.15) is 52.7 Å². The van der Waals surface area contributed by atoms with Gasteiger partial charge in [-0.25, -0.2) is 0 Å². The summed E-state index contributed by atoms with van der Waals surface area (Å²) in [6.07, 6.45) is 4.54. The lowest BCUT2D eigenvalue weighted by Crippen LogP contribution is -2.10. The van der Waals surface area contributed by atoms with E-state index in [2.05, 4.69) is 27.7 Å². The van der Waals surface area contributed by atoms with Gasteiger partial charge in [0, 0.05) is 70.6 Å². The van der Waals surface area contributed by atoms with E-state index in [1.807, 2.05) is 48.5 Å². The molecule has 0 unspecified atom stereocenters. The number of fused-ring (bicyclic) bond motifs is 11. The first-order valence-corrected chi connectivity index (χ1v) is 38.0. The molecule has 6 aromatic carbocycles. The molecule has 0 spiro atoms. The molecule has 0 amide bonds. The highest BCUT2D eigenvalue weighted by Gasteiger charge is 2.39. The van der Waals surface area contributed by atoms with Gasteiger partial charge >= 0.3 is 24.7 Å². The van der Waals surface area contributed by atoms with Crippen LogP contribution < -0.4 is 18.9 Å². The maximum absolute atomic E-state index is 14.7. The fourth-order valence-electron chi connectivity index (χ4n) is 12.6. The summed E-state index contributed by atoms with van der Waals surface area (Å²) in [6.45, 7) is 10.4. The van der Waals surface area contributed by atoms with Crippen molar-refractivity contribution in [3.05, 3.63) is 119 Å². The zero-order valence-electron chi connectivity index (χ0n) is 55.8. The minimum absolute atomic E-state index is 0.0926. The highest BCUT2D eigenvalue weighted by Crippen LogP contribution is 2.57. The molecule has 0 radical (unpaired) electrons. The first-order chi connectivity index (χ1) is 47.0. The van der Waals surface area contributed by atoms with Crippen LogP contribution in [0.1, 0.15) is 204 Å². The molecule has 0 N–H and O–H groups in total. The lowest BCUT2D eigenvalue weighted by molar-refractivity contribution is -0.144. The Hall–Kier alpha value is -6.22. The van der Waals surface area contributed by atoms with Crippen LogP contribution in [0.3, 0.4) is 0 Å². The molecule has 98 heavy (non-hydrogen) atoms.